The molecule has 1 rings (SSSR count). The molecule has 1 unspecified atom stereocenters. The Morgan fingerprint density at radius 1 is 0.459 bits per heavy atom. The largest absolute Gasteiger partial charge is 0.396 e. The Labute approximate surface area is 507 Å². The summed E-state index contributed by atoms with van der Waals surface area (Å²) in [6.07, 6.45) is 2.68. The van der Waals surface area contributed by atoms with E-state index in [2.05, 4.69) is 21.3 Å². The standard InChI is InChI=1S/C61H109N11O13/c1-24-25-26-39(13)51(75)50-55(79)64-41(15)56(80)66(17)31-47(74)67(18)44(30-38(12)32-73)54(78)65-48(36(8)9)60(84)68(19)43(27-33(2)3)53(77)62-40(14)52(76)63-42(16)57(81)69(20)45(28-34(4)5)58(82)70(21)46(29-35(6)7)59(83)71(22)49(37(10)11)61(85)72(50)23/h24-25,33-46,48-51,73,75H,26-32H2,1-23H3,(H,62,77)(H,63,76)(H,64,79)(H,65,78)/b25-24+/t38?,39-,40+,41+,42-,43+,44+,45+,46+,48+,49+,50+,51-/m1/s1. The zero-order chi connectivity index (χ0) is 66.0. The van der Waals surface area contributed by atoms with E-state index in [0.29, 0.717) is 6.42 Å². The second kappa shape index (κ2) is 34.8. The highest BCUT2D eigenvalue weighted by Crippen LogP contribution is 2.25. The Kier molecular flexibility index (Phi) is 31.5. The minimum Gasteiger partial charge on any atom is -0.396 e. The second-order valence-corrected chi connectivity index (χ2v) is 25.7. The van der Waals surface area contributed by atoms with E-state index in [4.69, 9.17) is 0 Å². The first-order valence-electron chi connectivity index (χ1n) is 30.2. The van der Waals surface area contributed by atoms with Crippen molar-refractivity contribution in [1.29, 1.82) is 0 Å². The van der Waals surface area contributed by atoms with Crippen LogP contribution in [0.4, 0.5) is 0 Å². The third-order valence-corrected chi connectivity index (χ3v) is 16.0. The first-order chi connectivity index (χ1) is 39.2. The summed E-state index contributed by atoms with van der Waals surface area (Å²) >= 11 is 0. The van der Waals surface area contributed by atoms with Crippen molar-refractivity contribution >= 4 is 65.0 Å². The first-order valence-corrected chi connectivity index (χ1v) is 30.2. The number of amides is 11. The van der Waals surface area contributed by atoms with Crippen LogP contribution in [-0.2, 0) is 52.7 Å². The summed E-state index contributed by atoms with van der Waals surface area (Å²) in [7, 11) is 9.70. The lowest BCUT2D eigenvalue weighted by Gasteiger charge is -2.41. The molecule has 0 aromatic rings. The van der Waals surface area contributed by atoms with Gasteiger partial charge >= 0.3 is 0 Å². The Morgan fingerprint density at radius 2 is 0.871 bits per heavy atom. The fraction of sp³-hybridized carbons (Fsp3) is 0.787. The number of allylic oxidation sites excluding steroid dienone is 2. The number of aliphatic hydroxyl groups excluding tert-OH is 2. The first kappa shape index (κ1) is 76.8. The molecule has 1 aliphatic rings. The van der Waals surface area contributed by atoms with Crippen molar-refractivity contribution in [2.75, 3.05) is 62.5 Å². The summed E-state index contributed by atoms with van der Waals surface area (Å²) < 4.78 is 0. The van der Waals surface area contributed by atoms with Crippen molar-refractivity contribution in [2.45, 2.75) is 209 Å². The summed E-state index contributed by atoms with van der Waals surface area (Å²) in [6, 6.07) is -12.8. The Hall–Kier alpha value is -6.17. The lowest BCUT2D eigenvalue weighted by Crippen LogP contribution is -2.63. The van der Waals surface area contributed by atoms with Crippen molar-refractivity contribution < 1.29 is 63.0 Å². The maximum atomic E-state index is 15.1. The van der Waals surface area contributed by atoms with Gasteiger partial charge in [-0.05, 0) is 101 Å². The van der Waals surface area contributed by atoms with Crippen LogP contribution in [0.2, 0.25) is 0 Å². The molecule has 0 bridgehead atoms. The van der Waals surface area contributed by atoms with Gasteiger partial charge in [0.1, 0.15) is 60.4 Å². The third-order valence-electron chi connectivity index (χ3n) is 16.0. The van der Waals surface area contributed by atoms with E-state index in [1.54, 1.807) is 60.6 Å². The van der Waals surface area contributed by atoms with E-state index in [0.717, 1.165) is 14.7 Å². The van der Waals surface area contributed by atoms with Crippen LogP contribution in [0.1, 0.15) is 143 Å². The van der Waals surface area contributed by atoms with E-state index >= 15 is 9.59 Å². The van der Waals surface area contributed by atoms with Gasteiger partial charge in [0.2, 0.25) is 65.0 Å². The number of likely N-dealkylation sites (N-methyl/N-ethyl adjacent to an activating group) is 7. The van der Waals surface area contributed by atoms with E-state index in [-0.39, 0.29) is 50.0 Å². The summed E-state index contributed by atoms with van der Waals surface area (Å²) in [5.41, 5.74) is 0. The molecule has 0 aromatic carbocycles. The molecule has 1 fully saturated rings. The molecular formula is C61H109N11O13. The fourth-order valence-corrected chi connectivity index (χ4v) is 10.5. The van der Waals surface area contributed by atoms with Gasteiger partial charge in [-0.2, -0.15) is 0 Å². The van der Waals surface area contributed by atoms with Crippen LogP contribution >= 0.6 is 0 Å². The zero-order valence-electron chi connectivity index (χ0n) is 55.5. The summed E-state index contributed by atoms with van der Waals surface area (Å²) in [4.78, 5) is 168. The smallest absolute Gasteiger partial charge is 0.246 e. The Balaban J connectivity index is 4.30. The third kappa shape index (κ3) is 21.6. The van der Waals surface area contributed by atoms with Crippen molar-refractivity contribution in [3.63, 3.8) is 0 Å². The molecule has 1 heterocycles. The molecule has 0 spiro atoms. The predicted octanol–water partition coefficient (Wildman–Crippen LogP) is 1.85. The van der Waals surface area contributed by atoms with Crippen molar-refractivity contribution in [3.8, 4) is 0 Å². The van der Waals surface area contributed by atoms with Crippen molar-refractivity contribution in [2.24, 2.45) is 41.4 Å². The molecule has 0 radical (unpaired) electrons. The number of carbonyl (C=O) groups excluding carboxylic acids is 11. The number of aliphatic hydroxyl groups is 2. The molecule has 6 N–H and O–H groups in total. The normalized spacial score (nSPS) is 27.2. The average Bonchev–Trinajstić information content (AvgIpc) is 2.88. The maximum Gasteiger partial charge on any atom is 0.246 e. The van der Waals surface area contributed by atoms with Crippen LogP contribution in [0.5, 0.6) is 0 Å². The monoisotopic (exact) mass is 1200 g/mol. The number of nitrogens with zero attached hydrogens (tertiary/aromatic N) is 7. The molecule has 11 amide bonds. The molecule has 0 saturated carbocycles. The molecule has 13 atom stereocenters. The van der Waals surface area contributed by atoms with Crippen LogP contribution in [0.25, 0.3) is 0 Å². The van der Waals surface area contributed by atoms with Crippen LogP contribution in [0.3, 0.4) is 0 Å². The quantitative estimate of drug-likeness (QED) is 0.128. The van der Waals surface area contributed by atoms with E-state index in [1.165, 1.54) is 89.7 Å². The number of nitrogens with one attached hydrogen (secondary N) is 4. The minimum absolute atomic E-state index is 0.0708. The predicted molar refractivity (Wildman–Crippen MR) is 325 cm³/mol. The van der Waals surface area contributed by atoms with Gasteiger partial charge in [-0.1, -0.05) is 95.2 Å². The molecular weight excluding hydrogens is 1090 g/mol. The van der Waals surface area contributed by atoms with E-state index in [1.807, 2.05) is 41.5 Å². The number of hydrogen-bond acceptors (Lipinski definition) is 13. The van der Waals surface area contributed by atoms with Gasteiger partial charge in [0.15, 0.2) is 0 Å². The number of rotatable bonds is 15. The molecule has 0 aromatic heterocycles. The van der Waals surface area contributed by atoms with Crippen LogP contribution in [0.15, 0.2) is 12.2 Å². The summed E-state index contributed by atoms with van der Waals surface area (Å²) in [5, 5.41) is 32.9. The molecule has 85 heavy (non-hydrogen) atoms. The highest BCUT2D eigenvalue weighted by Gasteiger charge is 2.45. The lowest BCUT2D eigenvalue weighted by atomic mass is 9.91. The highest BCUT2D eigenvalue weighted by molar-refractivity contribution is 5.99. The van der Waals surface area contributed by atoms with Crippen molar-refractivity contribution in [3.05, 3.63) is 12.2 Å². The fourth-order valence-electron chi connectivity index (χ4n) is 10.5. The van der Waals surface area contributed by atoms with E-state index < -0.39 is 162 Å². The van der Waals surface area contributed by atoms with Gasteiger partial charge < -0.3 is 65.8 Å². The molecule has 1 saturated heterocycles. The highest BCUT2D eigenvalue weighted by atomic mass is 16.3. The zero-order valence-corrected chi connectivity index (χ0v) is 55.5. The Morgan fingerprint density at radius 3 is 1.34 bits per heavy atom. The summed E-state index contributed by atoms with van der Waals surface area (Å²) in [5.74, 6) is -10.7. The molecule has 0 aliphatic carbocycles. The average molecular weight is 1200 g/mol. The second-order valence-electron chi connectivity index (χ2n) is 25.7. The maximum absolute atomic E-state index is 15.1. The van der Waals surface area contributed by atoms with Gasteiger partial charge in [-0.3, -0.25) is 52.7 Å². The topological polar surface area (TPSA) is 299 Å². The molecule has 486 valence electrons. The molecule has 24 heteroatoms. The molecule has 24 nitrogen and oxygen atoms in total. The Bertz CT molecular complexity index is 2330. The molecule has 1 aliphatic heterocycles. The van der Waals surface area contributed by atoms with Gasteiger partial charge in [0, 0.05) is 55.9 Å². The number of hydrogen-bond donors (Lipinski definition) is 6. The van der Waals surface area contributed by atoms with Gasteiger partial charge in [0.05, 0.1) is 12.6 Å². The SMILES string of the molecule is C/C=C/C[C@@H](C)[C@@H](O)[C@H]1C(=O)N[C@@H](C)C(=O)N(C)CC(=O)N(C)[C@@H](CC(C)CO)C(=O)N[C@@H](C(C)C)C(=O)N(C)[C@@H](CC(C)C)C(=O)N[C@@H](C)C(=O)N[C@H](C)C(=O)N(C)[C@@H](CC(C)C)C(=O)N(C)[C@@H](CC(C)C)C(=O)N(C)[C@@H](C(C)C)C(=O)N1C. The minimum atomic E-state index is -1.63. The van der Waals surface area contributed by atoms with Crippen LogP contribution in [0, 0.1) is 41.4 Å². The van der Waals surface area contributed by atoms with Gasteiger partial charge in [0.25, 0.3) is 0 Å². The van der Waals surface area contributed by atoms with Gasteiger partial charge in [-0.25, -0.2) is 0 Å². The van der Waals surface area contributed by atoms with Crippen LogP contribution in [-0.4, -0.2) is 238 Å². The summed E-state index contributed by atoms with van der Waals surface area (Å²) in [6.45, 7) is 26.3. The number of carbonyl (C=O) groups is 11. The lowest BCUT2D eigenvalue weighted by molar-refractivity contribution is -0.157. The van der Waals surface area contributed by atoms with Crippen molar-refractivity contribution in [1.82, 2.24) is 55.6 Å². The van der Waals surface area contributed by atoms with E-state index in [9.17, 15) is 53.4 Å². The van der Waals surface area contributed by atoms with Crippen LogP contribution < -0.4 is 21.3 Å². The van der Waals surface area contributed by atoms with Gasteiger partial charge in [-0.15, -0.1) is 0 Å².